The molecular weight excluding hydrogens is 266 g/mol. The molecule has 0 aliphatic rings. The van der Waals surface area contributed by atoms with Crippen molar-refractivity contribution >= 4 is 5.69 Å². The maximum atomic E-state index is 4.21. The highest BCUT2D eigenvalue weighted by Gasteiger charge is 2.08. The number of nitrogens with zero attached hydrogens (tertiary/aromatic N) is 5. The predicted molar refractivity (Wildman–Crippen MR) is 79.3 cm³/mol. The van der Waals surface area contributed by atoms with Gasteiger partial charge in [-0.05, 0) is 48.9 Å². The highest BCUT2D eigenvalue weighted by Crippen LogP contribution is 2.20. The average Bonchev–Trinajstić information content (AvgIpc) is 3.10. The molecule has 1 aromatic carbocycles. The number of hydrogen-bond donors (Lipinski definition) is 2. The summed E-state index contributed by atoms with van der Waals surface area (Å²) < 4.78 is 1.64. The number of aryl methyl sites for hydroxylation is 3. The molecule has 2 heterocycles. The molecule has 2 aromatic heterocycles. The lowest BCUT2D eigenvalue weighted by atomic mass is 10.1. The van der Waals surface area contributed by atoms with Crippen LogP contribution in [0.3, 0.4) is 0 Å². The van der Waals surface area contributed by atoms with Crippen molar-refractivity contribution in [3.8, 4) is 5.69 Å². The van der Waals surface area contributed by atoms with E-state index in [9.17, 15) is 0 Å². The quantitative estimate of drug-likeness (QED) is 0.764. The number of rotatable bonds is 4. The fraction of sp³-hybridized carbons (Fsp3) is 0.286. The Balaban J connectivity index is 1.84. The fourth-order valence-electron chi connectivity index (χ4n) is 2.24. The summed E-state index contributed by atoms with van der Waals surface area (Å²) in [5.74, 6) is 0. The maximum absolute atomic E-state index is 4.21. The van der Waals surface area contributed by atoms with Crippen molar-refractivity contribution in [2.24, 2.45) is 0 Å². The van der Waals surface area contributed by atoms with Gasteiger partial charge in [0.25, 0.3) is 0 Å². The van der Waals surface area contributed by atoms with Crippen LogP contribution in [0.25, 0.3) is 5.69 Å². The first-order valence-electron chi connectivity index (χ1n) is 6.73. The van der Waals surface area contributed by atoms with E-state index in [1.807, 2.05) is 26.0 Å². The number of hydrogen-bond acceptors (Lipinski definition) is 5. The zero-order chi connectivity index (χ0) is 14.8. The Morgan fingerprint density at radius 2 is 2.10 bits per heavy atom. The van der Waals surface area contributed by atoms with Gasteiger partial charge in [0.2, 0.25) is 0 Å². The van der Waals surface area contributed by atoms with Gasteiger partial charge in [0, 0.05) is 23.5 Å². The number of nitrogens with one attached hydrogen (secondary N) is 2. The van der Waals surface area contributed by atoms with Gasteiger partial charge < -0.3 is 5.32 Å². The van der Waals surface area contributed by atoms with Crippen molar-refractivity contribution in [2.45, 2.75) is 27.3 Å². The van der Waals surface area contributed by atoms with E-state index in [0.717, 1.165) is 29.3 Å². The van der Waals surface area contributed by atoms with E-state index in [0.29, 0.717) is 0 Å². The minimum atomic E-state index is 0.730. The molecule has 0 fully saturated rings. The third-order valence-corrected chi connectivity index (χ3v) is 3.57. The van der Waals surface area contributed by atoms with Gasteiger partial charge in [-0.15, -0.1) is 5.10 Å². The Morgan fingerprint density at radius 1 is 1.24 bits per heavy atom. The van der Waals surface area contributed by atoms with Crippen LogP contribution < -0.4 is 5.32 Å². The van der Waals surface area contributed by atoms with Crippen molar-refractivity contribution in [2.75, 3.05) is 5.32 Å². The second-order valence-electron chi connectivity index (χ2n) is 5.02. The van der Waals surface area contributed by atoms with Crippen LogP contribution in [0.15, 0.2) is 24.5 Å². The molecule has 0 amide bonds. The van der Waals surface area contributed by atoms with Gasteiger partial charge in [-0.1, -0.05) is 6.07 Å². The lowest BCUT2D eigenvalue weighted by Crippen LogP contribution is -2.04. The van der Waals surface area contributed by atoms with Crippen molar-refractivity contribution in [1.29, 1.82) is 0 Å². The second-order valence-corrected chi connectivity index (χ2v) is 5.02. The molecule has 0 spiro atoms. The Kier molecular flexibility index (Phi) is 3.39. The summed E-state index contributed by atoms with van der Waals surface area (Å²) in [7, 11) is 0. The van der Waals surface area contributed by atoms with Crippen LogP contribution in [-0.4, -0.2) is 30.4 Å². The lowest BCUT2D eigenvalue weighted by Gasteiger charge is -2.11. The standard InChI is InChI=1S/C14H17N7/c1-9-4-5-12(21-8-16-19-20-21)6-14(9)15-7-13-10(2)17-18-11(13)3/h4-6,8,15H,7H2,1-3H3,(H,17,18). The maximum Gasteiger partial charge on any atom is 0.143 e. The first-order valence-corrected chi connectivity index (χ1v) is 6.73. The third-order valence-electron chi connectivity index (χ3n) is 3.57. The van der Waals surface area contributed by atoms with Crippen LogP contribution in [0.2, 0.25) is 0 Å². The summed E-state index contributed by atoms with van der Waals surface area (Å²) >= 11 is 0. The van der Waals surface area contributed by atoms with E-state index >= 15 is 0 Å². The molecular formula is C14H17N7. The van der Waals surface area contributed by atoms with Crippen LogP contribution in [-0.2, 0) is 6.54 Å². The Labute approximate surface area is 122 Å². The van der Waals surface area contributed by atoms with Crippen LogP contribution in [0.4, 0.5) is 5.69 Å². The monoisotopic (exact) mass is 283 g/mol. The summed E-state index contributed by atoms with van der Waals surface area (Å²) in [6.07, 6.45) is 1.58. The Bertz CT molecular complexity index is 723. The van der Waals surface area contributed by atoms with Crippen LogP contribution in [0, 0.1) is 20.8 Å². The van der Waals surface area contributed by atoms with Crippen molar-refractivity contribution in [1.82, 2.24) is 30.4 Å². The van der Waals surface area contributed by atoms with E-state index in [-0.39, 0.29) is 0 Å². The fourth-order valence-corrected chi connectivity index (χ4v) is 2.24. The third kappa shape index (κ3) is 2.62. The number of anilines is 1. The van der Waals surface area contributed by atoms with Crippen molar-refractivity contribution < 1.29 is 0 Å². The molecule has 0 bridgehead atoms. The molecule has 0 aliphatic heterocycles. The van der Waals surface area contributed by atoms with E-state index in [1.54, 1.807) is 11.0 Å². The highest BCUT2D eigenvalue weighted by molar-refractivity contribution is 5.56. The van der Waals surface area contributed by atoms with Crippen LogP contribution >= 0.6 is 0 Å². The molecule has 0 saturated heterocycles. The minimum absolute atomic E-state index is 0.730. The number of aromatic nitrogens is 6. The van der Waals surface area contributed by atoms with Crippen molar-refractivity contribution in [3.05, 3.63) is 47.0 Å². The van der Waals surface area contributed by atoms with Gasteiger partial charge in [-0.25, -0.2) is 4.68 Å². The van der Waals surface area contributed by atoms with Gasteiger partial charge in [0.1, 0.15) is 6.33 Å². The SMILES string of the molecule is Cc1ccc(-n2cnnn2)cc1NCc1c(C)n[nH]c1C. The van der Waals surface area contributed by atoms with E-state index < -0.39 is 0 Å². The minimum Gasteiger partial charge on any atom is -0.381 e. The Hall–Kier alpha value is -2.70. The summed E-state index contributed by atoms with van der Waals surface area (Å²) in [5, 5.41) is 21.9. The molecule has 0 unspecified atom stereocenters. The molecule has 21 heavy (non-hydrogen) atoms. The number of H-pyrrole nitrogens is 1. The zero-order valence-electron chi connectivity index (χ0n) is 12.3. The normalized spacial score (nSPS) is 10.8. The van der Waals surface area contributed by atoms with Gasteiger partial charge >= 0.3 is 0 Å². The molecule has 108 valence electrons. The molecule has 2 N–H and O–H groups in total. The summed E-state index contributed by atoms with van der Waals surface area (Å²) in [5.41, 5.74) is 6.47. The molecule has 0 saturated carbocycles. The summed E-state index contributed by atoms with van der Waals surface area (Å²) in [4.78, 5) is 0. The van der Waals surface area contributed by atoms with Gasteiger partial charge in [-0.2, -0.15) is 5.10 Å². The van der Waals surface area contributed by atoms with Crippen LogP contribution in [0.5, 0.6) is 0 Å². The molecule has 3 aromatic rings. The predicted octanol–water partition coefficient (Wildman–Crippen LogP) is 1.92. The average molecular weight is 283 g/mol. The molecule has 0 atom stereocenters. The van der Waals surface area contributed by atoms with Gasteiger partial charge in [0.15, 0.2) is 0 Å². The number of tetrazole rings is 1. The molecule has 0 radical (unpaired) electrons. The van der Waals surface area contributed by atoms with Crippen molar-refractivity contribution in [3.63, 3.8) is 0 Å². The summed E-state index contributed by atoms with van der Waals surface area (Å²) in [6, 6.07) is 6.08. The largest absolute Gasteiger partial charge is 0.381 e. The highest BCUT2D eigenvalue weighted by atomic mass is 15.5. The van der Waals surface area contributed by atoms with Gasteiger partial charge in [-0.3, -0.25) is 5.10 Å². The number of aromatic amines is 1. The zero-order valence-corrected chi connectivity index (χ0v) is 12.3. The van der Waals surface area contributed by atoms with E-state index in [2.05, 4.69) is 44.0 Å². The molecule has 7 nitrogen and oxygen atoms in total. The number of benzene rings is 1. The first kappa shape index (κ1) is 13.3. The summed E-state index contributed by atoms with van der Waals surface area (Å²) in [6.45, 7) is 6.83. The topological polar surface area (TPSA) is 84.3 Å². The Morgan fingerprint density at radius 3 is 2.76 bits per heavy atom. The molecule has 3 rings (SSSR count). The lowest BCUT2D eigenvalue weighted by molar-refractivity contribution is 0.789. The van der Waals surface area contributed by atoms with E-state index in [4.69, 9.17) is 0 Å². The second kappa shape index (κ2) is 5.35. The molecule has 7 heteroatoms. The smallest absolute Gasteiger partial charge is 0.143 e. The first-order chi connectivity index (χ1) is 10.1. The van der Waals surface area contributed by atoms with Gasteiger partial charge in [0.05, 0.1) is 11.4 Å². The van der Waals surface area contributed by atoms with E-state index in [1.165, 1.54) is 11.1 Å². The van der Waals surface area contributed by atoms with Crippen LogP contribution in [0.1, 0.15) is 22.5 Å². The molecule has 0 aliphatic carbocycles.